The Morgan fingerprint density at radius 3 is 2.48 bits per heavy atom. The van der Waals surface area contributed by atoms with E-state index in [1.54, 1.807) is 12.1 Å². The molecule has 21 heavy (non-hydrogen) atoms. The number of hydrogen-bond donors (Lipinski definition) is 1. The van der Waals surface area contributed by atoms with Crippen molar-refractivity contribution < 1.29 is 9.13 Å². The largest absolute Gasteiger partial charge is 0.368 e. The summed E-state index contributed by atoms with van der Waals surface area (Å²) in [6.07, 6.45) is 7.07. The number of benzene rings is 1. The van der Waals surface area contributed by atoms with E-state index in [0.717, 1.165) is 24.8 Å². The van der Waals surface area contributed by atoms with Crippen molar-refractivity contribution in [3.63, 3.8) is 0 Å². The van der Waals surface area contributed by atoms with Crippen LogP contribution in [0, 0.1) is 11.7 Å². The van der Waals surface area contributed by atoms with Crippen molar-refractivity contribution in [2.75, 3.05) is 0 Å². The van der Waals surface area contributed by atoms with Crippen LogP contribution < -0.4 is 5.73 Å². The number of halogens is 1. The molecule has 0 aromatic heterocycles. The van der Waals surface area contributed by atoms with E-state index in [-0.39, 0.29) is 24.1 Å². The fraction of sp³-hybridized carbons (Fsp3) is 0.667. The zero-order valence-electron chi connectivity index (χ0n) is 13.2. The van der Waals surface area contributed by atoms with E-state index >= 15 is 0 Å². The summed E-state index contributed by atoms with van der Waals surface area (Å²) in [5.74, 6) is 0.414. The third kappa shape index (κ3) is 4.27. The van der Waals surface area contributed by atoms with E-state index in [9.17, 15) is 4.39 Å². The van der Waals surface area contributed by atoms with Crippen molar-refractivity contribution in [3.05, 3.63) is 35.6 Å². The summed E-state index contributed by atoms with van der Waals surface area (Å²) in [5.41, 5.74) is 7.26. The van der Waals surface area contributed by atoms with Gasteiger partial charge in [0.25, 0.3) is 0 Å². The summed E-state index contributed by atoms with van der Waals surface area (Å²) in [6.45, 7) is 4.31. The molecule has 4 unspecified atom stereocenters. The summed E-state index contributed by atoms with van der Waals surface area (Å²) in [4.78, 5) is 0. The highest BCUT2D eigenvalue weighted by Crippen LogP contribution is 2.34. The zero-order valence-corrected chi connectivity index (χ0v) is 13.2. The lowest BCUT2D eigenvalue weighted by Crippen LogP contribution is -2.36. The Morgan fingerprint density at radius 1 is 1.19 bits per heavy atom. The monoisotopic (exact) mass is 293 g/mol. The Bertz CT molecular complexity index is 420. The standard InChI is InChI=1S/C18H28FNO/c1-3-13-7-5-6-8-17(13)21-18(16(20)4-2)14-9-11-15(19)12-10-14/h9-13,16-18H,3-8,20H2,1-2H3. The van der Waals surface area contributed by atoms with Crippen molar-refractivity contribution in [1.29, 1.82) is 0 Å². The maximum Gasteiger partial charge on any atom is 0.123 e. The first-order valence-corrected chi connectivity index (χ1v) is 8.32. The molecule has 0 bridgehead atoms. The van der Waals surface area contributed by atoms with Gasteiger partial charge in [-0.2, -0.15) is 0 Å². The average molecular weight is 293 g/mol. The molecule has 118 valence electrons. The highest BCUT2D eigenvalue weighted by atomic mass is 19.1. The molecule has 1 aliphatic rings. The number of hydrogen-bond acceptors (Lipinski definition) is 2. The minimum Gasteiger partial charge on any atom is -0.368 e. The van der Waals surface area contributed by atoms with Crippen LogP contribution in [0.4, 0.5) is 4.39 Å². The highest BCUT2D eigenvalue weighted by molar-refractivity contribution is 5.20. The van der Waals surface area contributed by atoms with E-state index < -0.39 is 0 Å². The minimum absolute atomic E-state index is 0.0464. The molecule has 2 rings (SSSR count). The van der Waals surface area contributed by atoms with Gasteiger partial charge in [-0.1, -0.05) is 45.2 Å². The Labute approximate surface area is 127 Å². The van der Waals surface area contributed by atoms with Crippen molar-refractivity contribution in [3.8, 4) is 0 Å². The van der Waals surface area contributed by atoms with Gasteiger partial charge in [0.05, 0.1) is 12.2 Å². The summed E-state index contributed by atoms with van der Waals surface area (Å²) in [6, 6.07) is 6.55. The SMILES string of the molecule is CCC(N)C(OC1CCCCC1CC)c1ccc(F)cc1. The van der Waals surface area contributed by atoms with Gasteiger partial charge in [-0.25, -0.2) is 4.39 Å². The lowest BCUT2D eigenvalue weighted by Gasteiger charge is -2.36. The van der Waals surface area contributed by atoms with Crippen LogP contribution in [0.1, 0.15) is 64.0 Å². The van der Waals surface area contributed by atoms with Crippen molar-refractivity contribution in [1.82, 2.24) is 0 Å². The van der Waals surface area contributed by atoms with Crippen LogP contribution in [-0.2, 0) is 4.74 Å². The molecule has 0 amide bonds. The van der Waals surface area contributed by atoms with Crippen molar-refractivity contribution >= 4 is 0 Å². The summed E-state index contributed by atoms with van der Waals surface area (Å²) in [5, 5.41) is 0. The smallest absolute Gasteiger partial charge is 0.123 e. The molecule has 0 radical (unpaired) electrons. The molecule has 0 saturated heterocycles. The van der Waals surface area contributed by atoms with E-state index in [2.05, 4.69) is 13.8 Å². The maximum absolute atomic E-state index is 13.1. The maximum atomic E-state index is 13.1. The lowest BCUT2D eigenvalue weighted by atomic mass is 9.84. The molecule has 1 aromatic carbocycles. The molecule has 1 fully saturated rings. The second kappa shape index (κ2) is 7.90. The zero-order chi connectivity index (χ0) is 15.2. The predicted molar refractivity (Wildman–Crippen MR) is 84.5 cm³/mol. The second-order valence-corrected chi connectivity index (χ2v) is 6.17. The van der Waals surface area contributed by atoms with Gasteiger partial charge in [-0.3, -0.25) is 0 Å². The van der Waals surface area contributed by atoms with Crippen LogP contribution in [0.15, 0.2) is 24.3 Å². The third-order valence-electron chi connectivity index (χ3n) is 4.74. The van der Waals surface area contributed by atoms with Crippen LogP contribution in [-0.4, -0.2) is 12.1 Å². The van der Waals surface area contributed by atoms with Crippen molar-refractivity contribution in [2.45, 2.75) is 70.6 Å². The summed E-state index contributed by atoms with van der Waals surface area (Å²) >= 11 is 0. The number of rotatable bonds is 6. The summed E-state index contributed by atoms with van der Waals surface area (Å²) < 4.78 is 19.6. The number of nitrogens with two attached hydrogens (primary N) is 1. The molecule has 2 N–H and O–H groups in total. The van der Waals surface area contributed by atoms with E-state index in [1.807, 2.05) is 0 Å². The molecule has 1 aromatic rings. The highest BCUT2D eigenvalue weighted by Gasteiger charge is 2.29. The molecular weight excluding hydrogens is 265 g/mol. The van der Waals surface area contributed by atoms with E-state index in [1.165, 1.54) is 31.4 Å². The fourth-order valence-electron chi connectivity index (χ4n) is 3.30. The third-order valence-corrected chi connectivity index (χ3v) is 4.74. The first-order chi connectivity index (χ1) is 10.2. The molecular formula is C18H28FNO. The van der Waals surface area contributed by atoms with Crippen LogP contribution >= 0.6 is 0 Å². The van der Waals surface area contributed by atoms with E-state index in [0.29, 0.717) is 5.92 Å². The molecule has 0 aliphatic heterocycles. The normalized spacial score (nSPS) is 25.5. The predicted octanol–water partition coefficient (Wildman–Crippen LogP) is 4.59. The molecule has 1 aliphatic carbocycles. The molecule has 0 heterocycles. The summed E-state index contributed by atoms with van der Waals surface area (Å²) in [7, 11) is 0. The molecule has 1 saturated carbocycles. The van der Waals surface area contributed by atoms with Gasteiger partial charge >= 0.3 is 0 Å². The van der Waals surface area contributed by atoms with Gasteiger partial charge in [-0.15, -0.1) is 0 Å². The molecule has 2 nitrogen and oxygen atoms in total. The molecule has 0 spiro atoms. The van der Waals surface area contributed by atoms with Crippen molar-refractivity contribution in [2.24, 2.45) is 11.7 Å². The van der Waals surface area contributed by atoms with Crippen LogP contribution in [0.2, 0.25) is 0 Å². The Balaban J connectivity index is 2.14. The van der Waals surface area contributed by atoms with Crippen LogP contribution in [0.25, 0.3) is 0 Å². The van der Waals surface area contributed by atoms with Gasteiger partial charge in [0.2, 0.25) is 0 Å². The lowest BCUT2D eigenvalue weighted by molar-refractivity contribution is -0.0725. The molecule has 4 atom stereocenters. The Morgan fingerprint density at radius 2 is 1.86 bits per heavy atom. The van der Waals surface area contributed by atoms with Gasteiger partial charge in [0.15, 0.2) is 0 Å². The van der Waals surface area contributed by atoms with Crippen LogP contribution in [0.5, 0.6) is 0 Å². The van der Waals surface area contributed by atoms with Gasteiger partial charge in [-0.05, 0) is 42.9 Å². The van der Waals surface area contributed by atoms with Gasteiger partial charge < -0.3 is 10.5 Å². The number of ether oxygens (including phenoxy) is 1. The Hall–Kier alpha value is -0.930. The fourth-order valence-corrected chi connectivity index (χ4v) is 3.30. The van der Waals surface area contributed by atoms with Gasteiger partial charge in [0.1, 0.15) is 5.82 Å². The Kier molecular flexibility index (Phi) is 6.19. The minimum atomic E-state index is -0.216. The quantitative estimate of drug-likeness (QED) is 0.832. The average Bonchev–Trinajstić information content (AvgIpc) is 2.53. The second-order valence-electron chi connectivity index (χ2n) is 6.17. The van der Waals surface area contributed by atoms with E-state index in [4.69, 9.17) is 10.5 Å². The van der Waals surface area contributed by atoms with Gasteiger partial charge in [0, 0.05) is 6.04 Å². The molecule has 3 heteroatoms. The first kappa shape index (κ1) is 16.4. The topological polar surface area (TPSA) is 35.2 Å². The van der Waals surface area contributed by atoms with Crippen LogP contribution in [0.3, 0.4) is 0 Å². The first-order valence-electron chi connectivity index (χ1n) is 8.32.